The molecule has 2 rings (SSSR count). The number of aryl methyl sites for hydroxylation is 1. The van der Waals surface area contributed by atoms with Crippen LogP contribution >= 0.6 is 0 Å². The standard InChI is InChI=1S/C13H18N/c1-11(2)10-14-9-5-7-12-6-3-4-8-13(12)14/h3-4,6,8H,5,7,9-10H2,1-2H3. The molecule has 0 N–H and O–H groups in total. The van der Waals surface area contributed by atoms with Gasteiger partial charge in [0.05, 0.1) is 0 Å². The number of rotatable bonds is 2. The molecule has 0 saturated heterocycles. The van der Waals surface area contributed by atoms with Gasteiger partial charge in [-0.05, 0) is 30.4 Å². The van der Waals surface area contributed by atoms with Crippen LogP contribution in [0.1, 0.15) is 25.8 Å². The minimum atomic E-state index is 1.11. The molecule has 1 aromatic rings. The largest absolute Gasteiger partial charge is 0.371 e. The van der Waals surface area contributed by atoms with Crippen molar-refractivity contribution in [2.24, 2.45) is 0 Å². The smallest absolute Gasteiger partial charge is 0.0398 e. The molecule has 0 atom stereocenters. The molecule has 1 aromatic carbocycles. The lowest BCUT2D eigenvalue weighted by Crippen LogP contribution is -2.31. The molecule has 1 heteroatoms. The van der Waals surface area contributed by atoms with E-state index < -0.39 is 0 Å². The minimum absolute atomic E-state index is 1.11. The van der Waals surface area contributed by atoms with E-state index in [1.807, 2.05) is 0 Å². The Hall–Kier alpha value is -0.980. The van der Waals surface area contributed by atoms with Crippen LogP contribution < -0.4 is 4.90 Å². The summed E-state index contributed by atoms with van der Waals surface area (Å²) in [7, 11) is 0. The lowest BCUT2D eigenvalue weighted by Gasteiger charge is -2.32. The normalized spacial score (nSPS) is 15.8. The van der Waals surface area contributed by atoms with Gasteiger partial charge >= 0.3 is 0 Å². The zero-order valence-electron chi connectivity index (χ0n) is 9.09. The molecular weight excluding hydrogens is 170 g/mol. The number of hydrogen-bond acceptors (Lipinski definition) is 1. The highest BCUT2D eigenvalue weighted by molar-refractivity contribution is 5.55. The molecule has 0 saturated carbocycles. The van der Waals surface area contributed by atoms with Gasteiger partial charge in [-0.3, -0.25) is 0 Å². The maximum Gasteiger partial charge on any atom is 0.0398 e. The lowest BCUT2D eigenvalue weighted by molar-refractivity contribution is 0.693. The van der Waals surface area contributed by atoms with Gasteiger partial charge in [-0.2, -0.15) is 0 Å². The van der Waals surface area contributed by atoms with Gasteiger partial charge in [0.1, 0.15) is 0 Å². The van der Waals surface area contributed by atoms with Crippen molar-refractivity contribution in [3.05, 3.63) is 35.7 Å². The third kappa shape index (κ3) is 1.92. The molecule has 0 amide bonds. The van der Waals surface area contributed by atoms with E-state index >= 15 is 0 Å². The predicted molar refractivity (Wildman–Crippen MR) is 61.6 cm³/mol. The van der Waals surface area contributed by atoms with Crippen molar-refractivity contribution in [3.8, 4) is 0 Å². The molecule has 0 bridgehead atoms. The lowest BCUT2D eigenvalue weighted by atomic mass is 10.0. The van der Waals surface area contributed by atoms with Crippen LogP contribution in [0.3, 0.4) is 0 Å². The molecule has 1 heterocycles. The Labute approximate surface area is 86.7 Å². The maximum absolute atomic E-state index is 2.49. The molecule has 1 radical (unpaired) electrons. The van der Waals surface area contributed by atoms with Gasteiger partial charge in [0.2, 0.25) is 0 Å². The van der Waals surface area contributed by atoms with E-state index in [2.05, 4.69) is 43.0 Å². The van der Waals surface area contributed by atoms with E-state index in [0.717, 1.165) is 6.54 Å². The highest BCUT2D eigenvalue weighted by atomic mass is 15.1. The number of nitrogens with zero attached hydrogens (tertiary/aromatic N) is 1. The van der Waals surface area contributed by atoms with E-state index in [0.29, 0.717) is 0 Å². The number of para-hydroxylation sites is 1. The van der Waals surface area contributed by atoms with E-state index in [9.17, 15) is 0 Å². The fourth-order valence-electron chi connectivity index (χ4n) is 2.16. The second kappa shape index (κ2) is 4.04. The molecule has 1 aliphatic heterocycles. The Morgan fingerprint density at radius 1 is 1.29 bits per heavy atom. The second-order valence-electron chi connectivity index (χ2n) is 4.36. The molecule has 0 aromatic heterocycles. The van der Waals surface area contributed by atoms with Crippen molar-refractivity contribution in [1.82, 2.24) is 0 Å². The quantitative estimate of drug-likeness (QED) is 0.689. The minimum Gasteiger partial charge on any atom is -0.371 e. The van der Waals surface area contributed by atoms with Gasteiger partial charge in [0.15, 0.2) is 0 Å². The van der Waals surface area contributed by atoms with Crippen molar-refractivity contribution in [1.29, 1.82) is 0 Å². The highest BCUT2D eigenvalue weighted by Gasteiger charge is 2.16. The Morgan fingerprint density at radius 3 is 2.86 bits per heavy atom. The average molecular weight is 188 g/mol. The number of benzene rings is 1. The van der Waals surface area contributed by atoms with Crippen LogP contribution in [-0.4, -0.2) is 13.1 Å². The summed E-state index contributed by atoms with van der Waals surface area (Å²) in [6, 6.07) is 8.79. The first kappa shape index (κ1) is 9.57. The van der Waals surface area contributed by atoms with Crippen molar-refractivity contribution < 1.29 is 0 Å². The Morgan fingerprint density at radius 2 is 2.07 bits per heavy atom. The summed E-state index contributed by atoms with van der Waals surface area (Å²) in [4.78, 5) is 2.49. The first-order valence-electron chi connectivity index (χ1n) is 5.39. The van der Waals surface area contributed by atoms with Crippen LogP contribution in [-0.2, 0) is 6.42 Å². The summed E-state index contributed by atoms with van der Waals surface area (Å²) in [5, 5.41) is 0. The maximum atomic E-state index is 2.49. The fourth-order valence-corrected chi connectivity index (χ4v) is 2.16. The molecule has 0 spiro atoms. The molecule has 14 heavy (non-hydrogen) atoms. The van der Waals surface area contributed by atoms with Crippen LogP contribution in [0.2, 0.25) is 0 Å². The van der Waals surface area contributed by atoms with Crippen molar-refractivity contribution >= 4 is 5.69 Å². The molecule has 1 nitrogen and oxygen atoms in total. The van der Waals surface area contributed by atoms with Gasteiger partial charge in [-0.25, -0.2) is 0 Å². The highest BCUT2D eigenvalue weighted by Crippen LogP contribution is 2.27. The zero-order valence-corrected chi connectivity index (χ0v) is 9.09. The number of anilines is 1. The Balaban J connectivity index is 2.22. The van der Waals surface area contributed by atoms with E-state index in [1.165, 1.54) is 36.6 Å². The molecule has 75 valence electrons. The molecular formula is C13H18N. The summed E-state index contributed by atoms with van der Waals surface area (Å²) >= 11 is 0. The van der Waals surface area contributed by atoms with E-state index in [-0.39, 0.29) is 0 Å². The van der Waals surface area contributed by atoms with Crippen LogP contribution in [0.15, 0.2) is 24.3 Å². The van der Waals surface area contributed by atoms with Crippen LogP contribution in [0, 0.1) is 5.92 Å². The SMILES string of the molecule is C[C](C)CN1CCCc2ccccc21. The summed E-state index contributed by atoms with van der Waals surface area (Å²) in [5.41, 5.74) is 2.96. The van der Waals surface area contributed by atoms with Crippen molar-refractivity contribution in [3.63, 3.8) is 0 Å². The molecule has 0 unspecified atom stereocenters. The van der Waals surface area contributed by atoms with Gasteiger partial charge < -0.3 is 4.90 Å². The molecule has 0 aliphatic carbocycles. The summed E-state index contributed by atoms with van der Waals surface area (Å²) in [6.45, 7) is 6.73. The van der Waals surface area contributed by atoms with Crippen molar-refractivity contribution in [2.45, 2.75) is 26.7 Å². The molecule has 1 aliphatic rings. The van der Waals surface area contributed by atoms with Crippen LogP contribution in [0.5, 0.6) is 0 Å². The first-order valence-corrected chi connectivity index (χ1v) is 5.39. The van der Waals surface area contributed by atoms with E-state index in [4.69, 9.17) is 0 Å². The predicted octanol–water partition coefficient (Wildman–Crippen LogP) is 3.05. The van der Waals surface area contributed by atoms with Crippen LogP contribution in [0.25, 0.3) is 0 Å². The summed E-state index contributed by atoms with van der Waals surface area (Å²) in [5.74, 6) is 1.49. The third-order valence-corrected chi connectivity index (χ3v) is 2.71. The topological polar surface area (TPSA) is 3.24 Å². The van der Waals surface area contributed by atoms with E-state index in [1.54, 1.807) is 0 Å². The van der Waals surface area contributed by atoms with Crippen LogP contribution in [0.4, 0.5) is 5.69 Å². The number of hydrogen-bond donors (Lipinski definition) is 0. The average Bonchev–Trinajstić information content (AvgIpc) is 2.18. The number of fused-ring (bicyclic) bond motifs is 1. The first-order chi connectivity index (χ1) is 6.77. The van der Waals surface area contributed by atoms with Gasteiger partial charge in [-0.1, -0.05) is 32.0 Å². The monoisotopic (exact) mass is 188 g/mol. The summed E-state index contributed by atoms with van der Waals surface area (Å²) in [6.07, 6.45) is 2.54. The Kier molecular flexibility index (Phi) is 2.76. The fraction of sp³-hybridized carbons (Fsp3) is 0.462. The van der Waals surface area contributed by atoms with Gasteiger partial charge in [-0.15, -0.1) is 0 Å². The van der Waals surface area contributed by atoms with Crippen molar-refractivity contribution in [2.75, 3.05) is 18.0 Å². The second-order valence-corrected chi connectivity index (χ2v) is 4.36. The zero-order chi connectivity index (χ0) is 9.97. The van der Waals surface area contributed by atoms with Gasteiger partial charge in [0.25, 0.3) is 0 Å². The molecule has 0 fully saturated rings. The summed E-state index contributed by atoms with van der Waals surface area (Å²) < 4.78 is 0. The third-order valence-electron chi connectivity index (χ3n) is 2.71. The Bertz CT molecular complexity index is 304. The van der Waals surface area contributed by atoms with Gasteiger partial charge in [0, 0.05) is 18.8 Å².